The van der Waals surface area contributed by atoms with Crippen molar-refractivity contribution < 1.29 is 0 Å². The molecule has 3 nitrogen and oxygen atoms in total. The number of nitrogens with zero attached hydrogens (tertiary/aromatic N) is 2. The van der Waals surface area contributed by atoms with Crippen LogP contribution in [0, 0.1) is 0 Å². The Bertz CT molecular complexity index is 126. The van der Waals surface area contributed by atoms with Crippen LogP contribution in [0.3, 0.4) is 0 Å². The van der Waals surface area contributed by atoms with Gasteiger partial charge in [0.2, 0.25) is 0 Å². The van der Waals surface area contributed by atoms with Gasteiger partial charge in [0, 0.05) is 31.3 Å². The van der Waals surface area contributed by atoms with Crippen molar-refractivity contribution >= 4 is 11.9 Å². The molecule has 0 saturated heterocycles. The van der Waals surface area contributed by atoms with Crippen LogP contribution in [0.2, 0.25) is 0 Å². The largest absolute Gasteiger partial charge is 0.323 e. The summed E-state index contributed by atoms with van der Waals surface area (Å²) in [6, 6.07) is 0. The molecule has 0 atom stereocenters. The molecule has 44 valence electrons. The van der Waals surface area contributed by atoms with Crippen LogP contribution in [0.5, 0.6) is 0 Å². The molecule has 0 unspecified atom stereocenters. The first-order valence-corrected chi connectivity index (χ1v) is 2.67. The fourth-order valence-corrected chi connectivity index (χ4v) is 0.674. The van der Waals surface area contributed by atoms with Gasteiger partial charge in [0.25, 0.3) is 0 Å². The molecule has 0 aromatic rings. The Morgan fingerprint density at radius 3 is 3.00 bits per heavy atom. The highest BCUT2D eigenvalue weighted by atomic mass is 15.1. The van der Waals surface area contributed by atoms with Crippen LogP contribution in [-0.4, -0.2) is 18.5 Å². The van der Waals surface area contributed by atoms with Crippen molar-refractivity contribution in [3.05, 3.63) is 0 Å². The van der Waals surface area contributed by atoms with Crippen molar-refractivity contribution in [2.75, 3.05) is 6.54 Å². The lowest BCUT2D eigenvalue weighted by atomic mass is 10.2. The van der Waals surface area contributed by atoms with Gasteiger partial charge < -0.3 is 5.84 Å². The molecule has 0 radical (unpaired) electrons. The Hall–Kier alpha value is -0.860. The molecular formula is C5H9N3. The van der Waals surface area contributed by atoms with Crippen LogP contribution in [0.4, 0.5) is 0 Å². The lowest BCUT2D eigenvalue weighted by molar-refractivity contribution is 0.989. The minimum absolute atomic E-state index is 0.844. The molecule has 0 aromatic carbocycles. The van der Waals surface area contributed by atoms with Gasteiger partial charge in [-0.1, -0.05) is 0 Å². The van der Waals surface area contributed by atoms with E-state index in [1.165, 1.54) is 0 Å². The van der Waals surface area contributed by atoms with Crippen molar-refractivity contribution in [1.29, 1.82) is 0 Å². The van der Waals surface area contributed by atoms with E-state index in [1.807, 2.05) is 6.21 Å². The minimum Gasteiger partial charge on any atom is -0.323 e. The molecule has 0 aliphatic carbocycles. The topological polar surface area (TPSA) is 50.7 Å². The summed E-state index contributed by atoms with van der Waals surface area (Å²) in [6.07, 6.45) is 3.64. The lowest BCUT2D eigenvalue weighted by Gasteiger charge is -2.02. The summed E-state index contributed by atoms with van der Waals surface area (Å²) in [5.74, 6) is 5.03. The number of nitrogens with two attached hydrogens (primary N) is 1. The van der Waals surface area contributed by atoms with Gasteiger partial charge in [-0.15, -0.1) is 0 Å². The molecule has 0 saturated carbocycles. The molecular weight excluding hydrogens is 102 g/mol. The molecule has 2 N–H and O–H groups in total. The molecule has 0 spiro atoms. The smallest absolute Gasteiger partial charge is 0.0447 e. The van der Waals surface area contributed by atoms with Crippen molar-refractivity contribution in [1.82, 2.24) is 0 Å². The Morgan fingerprint density at radius 1 is 1.75 bits per heavy atom. The zero-order chi connectivity index (χ0) is 5.82. The normalized spacial score (nSPS) is 24.2. The van der Waals surface area contributed by atoms with E-state index < -0.39 is 0 Å². The fraction of sp³-hybridized carbons (Fsp3) is 0.600. The highest BCUT2D eigenvalue weighted by molar-refractivity contribution is 5.96. The standard InChI is InChI=1S/C5H9N3/c6-8-5-1-3-7-4-2-5/h3H,1-2,4,6H2. The van der Waals surface area contributed by atoms with E-state index in [2.05, 4.69) is 10.1 Å². The summed E-state index contributed by atoms with van der Waals surface area (Å²) >= 11 is 0. The number of aliphatic imine (C=N–C) groups is 1. The van der Waals surface area contributed by atoms with E-state index in [0.29, 0.717) is 0 Å². The maximum absolute atomic E-state index is 5.03. The molecule has 8 heavy (non-hydrogen) atoms. The molecule has 0 amide bonds. The average Bonchev–Trinajstić information content (AvgIpc) is 1.90. The summed E-state index contributed by atoms with van der Waals surface area (Å²) < 4.78 is 0. The van der Waals surface area contributed by atoms with E-state index >= 15 is 0 Å². The summed E-state index contributed by atoms with van der Waals surface area (Å²) in [5, 5.41) is 3.57. The van der Waals surface area contributed by atoms with Crippen LogP contribution >= 0.6 is 0 Å². The number of rotatable bonds is 0. The van der Waals surface area contributed by atoms with Crippen molar-refractivity contribution in [3.63, 3.8) is 0 Å². The third kappa shape index (κ3) is 1.05. The van der Waals surface area contributed by atoms with Gasteiger partial charge in [0.05, 0.1) is 0 Å². The second-order valence-corrected chi connectivity index (χ2v) is 1.74. The zero-order valence-electron chi connectivity index (χ0n) is 4.67. The maximum atomic E-state index is 5.03. The second kappa shape index (κ2) is 2.45. The molecule has 1 aliphatic heterocycles. The number of hydrogen-bond donors (Lipinski definition) is 1. The highest BCUT2D eigenvalue weighted by Crippen LogP contribution is 1.95. The first-order chi connectivity index (χ1) is 3.93. The summed E-state index contributed by atoms with van der Waals surface area (Å²) in [7, 11) is 0. The van der Waals surface area contributed by atoms with E-state index in [1.54, 1.807) is 0 Å². The first kappa shape index (κ1) is 5.28. The van der Waals surface area contributed by atoms with Crippen LogP contribution in [-0.2, 0) is 0 Å². The second-order valence-electron chi connectivity index (χ2n) is 1.74. The third-order valence-electron chi connectivity index (χ3n) is 1.17. The van der Waals surface area contributed by atoms with Crippen molar-refractivity contribution in [2.24, 2.45) is 15.9 Å². The van der Waals surface area contributed by atoms with Crippen LogP contribution in [0.25, 0.3) is 0 Å². The predicted octanol–water partition coefficient (Wildman–Crippen LogP) is 0.166. The molecule has 0 fully saturated rings. The molecule has 1 aliphatic rings. The minimum atomic E-state index is 0.844. The molecule has 1 heterocycles. The lowest BCUT2D eigenvalue weighted by Crippen LogP contribution is -2.08. The molecule has 1 rings (SSSR count). The van der Waals surface area contributed by atoms with Gasteiger partial charge >= 0.3 is 0 Å². The van der Waals surface area contributed by atoms with Gasteiger partial charge in [0.1, 0.15) is 0 Å². The van der Waals surface area contributed by atoms with E-state index in [-0.39, 0.29) is 0 Å². The third-order valence-corrected chi connectivity index (χ3v) is 1.17. The van der Waals surface area contributed by atoms with E-state index in [9.17, 15) is 0 Å². The summed E-state index contributed by atoms with van der Waals surface area (Å²) in [4.78, 5) is 4.01. The van der Waals surface area contributed by atoms with Crippen molar-refractivity contribution in [3.8, 4) is 0 Å². The maximum Gasteiger partial charge on any atom is 0.0447 e. The van der Waals surface area contributed by atoms with Crippen LogP contribution in [0.1, 0.15) is 12.8 Å². The summed E-state index contributed by atoms with van der Waals surface area (Å²) in [6.45, 7) is 0.857. The monoisotopic (exact) mass is 111 g/mol. The Balaban J connectivity index is 2.50. The Kier molecular flexibility index (Phi) is 1.62. The summed E-state index contributed by atoms with van der Waals surface area (Å²) in [5.41, 5.74) is 1.06. The first-order valence-electron chi connectivity index (χ1n) is 2.67. The van der Waals surface area contributed by atoms with Crippen LogP contribution in [0.15, 0.2) is 10.1 Å². The van der Waals surface area contributed by atoms with Gasteiger partial charge in [-0.05, 0) is 0 Å². The van der Waals surface area contributed by atoms with Gasteiger partial charge in [-0.25, -0.2) is 0 Å². The highest BCUT2D eigenvalue weighted by Gasteiger charge is 1.99. The zero-order valence-corrected chi connectivity index (χ0v) is 4.67. The Morgan fingerprint density at radius 2 is 2.62 bits per heavy atom. The average molecular weight is 111 g/mol. The fourth-order valence-electron chi connectivity index (χ4n) is 0.674. The van der Waals surface area contributed by atoms with E-state index in [0.717, 1.165) is 25.1 Å². The SMILES string of the molecule is NN=C1CC=NCC1. The van der Waals surface area contributed by atoms with Crippen LogP contribution < -0.4 is 5.84 Å². The molecule has 0 aromatic heterocycles. The quantitative estimate of drug-likeness (QED) is 0.351. The van der Waals surface area contributed by atoms with Gasteiger partial charge in [-0.3, -0.25) is 4.99 Å². The molecule has 3 heteroatoms. The Labute approximate surface area is 48.3 Å². The van der Waals surface area contributed by atoms with Gasteiger partial charge in [-0.2, -0.15) is 5.10 Å². The number of hydrogen-bond acceptors (Lipinski definition) is 3. The van der Waals surface area contributed by atoms with Crippen molar-refractivity contribution in [2.45, 2.75) is 12.8 Å². The van der Waals surface area contributed by atoms with Gasteiger partial charge in [0.15, 0.2) is 0 Å². The number of hydrazone groups is 1. The predicted molar refractivity (Wildman–Crippen MR) is 34.2 cm³/mol. The molecule has 0 bridgehead atoms. The van der Waals surface area contributed by atoms with E-state index in [4.69, 9.17) is 5.84 Å².